The molecule has 1 aliphatic rings. The van der Waals surface area contributed by atoms with Crippen LogP contribution >= 0.6 is 0 Å². The molecule has 1 aliphatic heterocycles. The van der Waals surface area contributed by atoms with E-state index in [0.717, 1.165) is 58.0 Å². The molecule has 1 amide bonds. The van der Waals surface area contributed by atoms with E-state index in [4.69, 9.17) is 0 Å². The minimum Gasteiger partial charge on any atom is -0.353 e. The van der Waals surface area contributed by atoms with Gasteiger partial charge in [0.05, 0.1) is 5.41 Å². The highest BCUT2D eigenvalue weighted by molar-refractivity contribution is 5.83. The van der Waals surface area contributed by atoms with Crippen LogP contribution in [0.1, 0.15) is 65.7 Å². The first-order valence-corrected chi connectivity index (χ1v) is 7.70. The molecule has 0 aromatic carbocycles. The van der Waals surface area contributed by atoms with Crippen molar-refractivity contribution < 1.29 is 4.79 Å². The van der Waals surface area contributed by atoms with Gasteiger partial charge in [0.25, 0.3) is 0 Å². The molecule has 2 unspecified atom stereocenters. The third kappa shape index (κ3) is 3.98. The molecule has 0 aromatic rings. The lowest BCUT2D eigenvalue weighted by Gasteiger charge is -2.37. The molecule has 0 aliphatic carbocycles. The molecule has 1 saturated heterocycles. The molecule has 0 spiro atoms. The maximum Gasteiger partial charge on any atom is 0.227 e. The fourth-order valence-corrected chi connectivity index (χ4v) is 3.03. The Bertz CT molecular complexity index is 241. The van der Waals surface area contributed by atoms with E-state index >= 15 is 0 Å². The van der Waals surface area contributed by atoms with Crippen LogP contribution in [0.4, 0.5) is 0 Å². The zero-order chi connectivity index (χ0) is 13.4. The van der Waals surface area contributed by atoms with Gasteiger partial charge < -0.3 is 10.6 Å². The normalized spacial score (nSPS) is 25.7. The summed E-state index contributed by atoms with van der Waals surface area (Å²) >= 11 is 0. The van der Waals surface area contributed by atoms with Crippen molar-refractivity contribution in [2.75, 3.05) is 13.1 Å². The summed E-state index contributed by atoms with van der Waals surface area (Å²) in [6, 6.07) is 0.359. The number of nitrogens with one attached hydrogen (secondary N) is 2. The molecular weight excluding hydrogens is 224 g/mol. The van der Waals surface area contributed by atoms with Gasteiger partial charge in [0.1, 0.15) is 0 Å². The Labute approximate surface area is 112 Å². The van der Waals surface area contributed by atoms with E-state index in [9.17, 15) is 4.79 Å². The second-order valence-corrected chi connectivity index (χ2v) is 5.68. The summed E-state index contributed by atoms with van der Waals surface area (Å²) in [5, 5.41) is 6.69. The second kappa shape index (κ2) is 7.78. The summed E-state index contributed by atoms with van der Waals surface area (Å²) in [5.41, 5.74) is -0.145. The van der Waals surface area contributed by atoms with Crippen molar-refractivity contribution in [2.24, 2.45) is 5.41 Å². The number of carbonyl (C=O) groups excluding carboxylic acids is 1. The summed E-state index contributed by atoms with van der Waals surface area (Å²) in [4.78, 5) is 12.6. The van der Waals surface area contributed by atoms with Crippen LogP contribution in [0.25, 0.3) is 0 Å². The van der Waals surface area contributed by atoms with Crippen LogP contribution in [-0.2, 0) is 4.79 Å². The number of amides is 1. The zero-order valence-corrected chi connectivity index (χ0v) is 12.3. The molecule has 3 heteroatoms. The summed E-state index contributed by atoms with van der Waals surface area (Å²) < 4.78 is 0. The number of piperidine rings is 1. The van der Waals surface area contributed by atoms with E-state index in [1.165, 1.54) is 0 Å². The van der Waals surface area contributed by atoms with Crippen LogP contribution in [0.15, 0.2) is 0 Å². The van der Waals surface area contributed by atoms with Gasteiger partial charge in [-0.3, -0.25) is 4.79 Å². The molecule has 0 bridgehead atoms. The lowest BCUT2D eigenvalue weighted by molar-refractivity contribution is -0.133. The highest BCUT2D eigenvalue weighted by atomic mass is 16.2. The minimum atomic E-state index is -0.145. The van der Waals surface area contributed by atoms with Gasteiger partial charge in [-0.05, 0) is 38.6 Å². The third-order valence-corrected chi connectivity index (χ3v) is 4.15. The van der Waals surface area contributed by atoms with Crippen LogP contribution < -0.4 is 10.6 Å². The van der Waals surface area contributed by atoms with E-state index in [-0.39, 0.29) is 11.3 Å². The zero-order valence-electron chi connectivity index (χ0n) is 12.3. The molecule has 1 fully saturated rings. The second-order valence-electron chi connectivity index (χ2n) is 5.68. The fourth-order valence-electron chi connectivity index (χ4n) is 3.03. The van der Waals surface area contributed by atoms with Crippen molar-refractivity contribution >= 4 is 5.91 Å². The smallest absolute Gasteiger partial charge is 0.227 e. The van der Waals surface area contributed by atoms with Crippen LogP contribution in [0.2, 0.25) is 0 Å². The summed E-state index contributed by atoms with van der Waals surface area (Å²) in [5.74, 6) is 0.289. The van der Waals surface area contributed by atoms with Crippen molar-refractivity contribution in [3.05, 3.63) is 0 Å². The van der Waals surface area contributed by atoms with Gasteiger partial charge in [-0.2, -0.15) is 0 Å². The molecule has 2 N–H and O–H groups in total. The number of rotatable bonds is 7. The molecular formula is C15H30N2O. The lowest BCUT2D eigenvalue weighted by Crippen LogP contribution is -2.52. The molecule has 0 aromatic heterocycles. The Hall–Kier alpha value is -0.570. The minimum absolute atomic E-state index is 0.145. The molecule has 106 valence electrons. The number of hydrogen-bond acceptors (Lipinski definition) is 2. The molecule has 1 rings (SSSR count). The molecule has 2 atom stereocenters. The Kier molecular flexibility index (Phi) is 6.69. The summed E-state index contributed by atoms with van der Waals surface area (Å²) in [6.45, 7) is 8.43. The van der Waals surface area contributed by atoms with E-state index in [2.05, 4.69) is 31.4 Å². The summed E-state index contributed by atoms with van der Waals surface area (Å²) in [6.07, 6.45) is 7.53. The van der Waals surface area contributed by atoms with Gasteiger partial charge >= 0.3 is 0 Å². The Balaban J connectivity index is 2.63. The monoisotopic (exact) mass is 254 g/mol. The highest BCUT2D eigenvalue weighted by Gasteiger charge is 2.39. The first kappa shape index (κ1) is 15.5. The van der Waals surface area contributed by atoms with Gasteiger partial charge in [-0.25, -0.2) is 0 Å². The quantitative estimate of drug-likeness (QED) is 0.733. The highest BCUT2D eigenvalue weighted by Crippen LogP contribution is 2.32. The predicted molar refractivity (Wildman–Crippen MR) is 76.6 cm³/mol. The van der Waals surface area contributed by atoms with Crippen LogP contribution in [-0.4, -0.2) is 25.0 Å². The van der Waals surface area contributed by atoms with Gasteiger partial charge in [-0.15, -0.1) is 0 Å². The van der Waals surface area contributed by atoms with Crippen molar-refractivity contribution in [3.63, 3.8) is 0 Å². The van der Waals surface area contributed by atoms with Crippen LogP contribution in [0.5, 0.6) is 0 Å². The van der Waals surface area contributed by atoms with Crippen molar-refractivity contribution in [1.29, 1.82) is 0 Å². The fraction of sp³-hybridized carbons (Fsp3) is 0.933. The molecule has 3 nitrogen and oxygen atoms in total. The molecule has 1 heterocycles. The first-order valence-electron chi connectivity index (χ1n) is 7.70. The number of hydrogen-bond donors (Lipinski definition) is 2. The average molecular weight is 254 g/mol. The first-order chi connectivity index (χ1) is 8.68. The van der Waals surface area contributed by atoms with E-state index in [1.54, 1.807) is 0 Å². The molecule has 18 heavy (non-hydrogen) atoms. The van der Waals surface area contributed by atoms with Gasteiger partial charge in [-0.1, -0.05) is 33.6 Å². The van der Waals surface area contributed by atoms with Gasteiger partial charge in [0.2, 0.25) is 5.91 Å². The lowest BCUT2D eigenvalue weighted by atomic mass is 9.76. The maximum absolute atomic E-state index is 12.6. The third-order valence-electron chi connectivity index (χ3n) is 4.15. The Morgan fingerprint density at radius 3 is 2.61 bits per heavy atom. The van der Waals surface area contributed by atoms with Crippen LogP contribution in [0.3, 0.4) is 0 Å². The predicted octanol–water partition coefficient (Wildman–Crippen LogP) is 2.85. The van der Waals surface area contributed by atoms with Crippen molar-refractivity contribution in [1.82, 2.24) is 10.6 Å². The van der Waals surface area contributed by atoms with E-state index in [1.807, 2.05) is 0 Å². The summed E-state index contributed by atoms with van der Waals surface area (Å²) in [7, 11) is 0. The van der Waals surface area contributed by atoms with Crippen LogP contribution in [0, 0.1) is 5.41 Å². The van der Waals surface area contributed by atoms with Crippen molar-refractivity contribution in [3.8, 4) is 0 Å². The van der Waals surface area contributed by atoms with Gasteiger partial charge in [0.15, 0.2) is 0 Å². The largest absolute Gasteiger partial charge is 0.353 e. The molecule has 0 radical (unpaired) electrons. The average Bonchev–Trinajstić information content (AvgIpc) is 2.39. The standard InChI is InChI=1S/C15H30N2O/c1-4-8-13(6-3)17-14(18)15(9-5-2)10-7-11-16-12-15/h13,16H,4-12H2,1-3H3,(H,17,18). The van der Waals surface area contributed by atoms with Gasteiger partial charge in [0, 0.05) is 12.6 Å². The maximum atomic E-state index is 12.6. The van der Waals surface area contributed by atoms with E-state index < -0.39 is 0 Å². The van der Waals surface area contributed by atoms with Crippen molar-refractivity contribution in [2.45, 2.75) is 71.8 Å². The number of carbonyl (C=O) groups is 1. The Morgan fingerprint density at radius 2 is 2.11 bits per heavy atom. The molecule has 0 saturated carbocycles. The Morgan fingerprint density at radius 1 is 1.33 bits per heavy atom. The SMILES string of the molecule is CCCC(CC)NC(=O)C1(CCC)CCCNC1. The topological polar surface area (TPSA) is 41.1 Å². The van der Waals surface area contributed by atoms with E-state index in [0.29, 0.717) is 6.04 Å².